The molecule has 92 valence electrons. The van der Waals surface area contributed by atoms with Gasteiger partial charge in [-0.15, -0.1) is 0 Å². The van der Waals surface area contributed by atoms with Crippen LogP contribution in [0.25, 0.3) is 0 Å². The Balaban J connectivity index is 2.30. The molecule has 1 heterocycles. The van der Waals surface area contributed by atoms with Gasteiger partial charge in [-0.1, -0.05) is 0 Å². The Hall–Kier alpha value is -1.69. The molecule has 1 aliphatic carbocycles. The van der Waals surface area contributed by atoms with E-state index < -0.39 is 4.92 Å². The average molecular weight is 237 g/mol. The fourth-order valence-electron chi connectivity index (χ4n) is 1.83. The standard InChI is InChI=1S/C11H15N3O3/c1-8-7-12-11(6-10(8)14(16)17)13(4-5-15)9-2-3-9/h6-7,9,15H,2-5H2,1H3. The smallest absolute Gasteiger partial charge is 0.277 e. The van der Waals surface area contributed by atoms with E-state index in [0.717, 1.165) is 12.8 Å². The minimum atomic E-state index is -0.398. The zero-order valence-electron chi connectivity index (χ0n) is 9.67. The maximum Gasteiger partial charge on any atom is 0.277 e. The van der Waals surface area contributed by atoms with Crippen LogP contribution in [0.5, 0.6) is 0 Å². The summed E-state index contributed by atoms with van der Waals surface area (Å²) in [5, 5.41) is 19.9. The van der Waals surface area contributed by atoms with Gasteiger partial charge in [0.2, 0.25) is 0 Å². The summed E-state index contributed by atoms with van der Waals surface area (Å²) in [5.41, 5.74) is 0.636. The molecule has 0 amide bonds. The van der Waals surface area contributed by atoms with Crippen LogP contribution in [0.3, 0.4) is 0 Å². The number of hydrogen-bond donors (Lipinski definition) is 1. The lowest BCUT2D eigenvalue weighted by Gasteiger charge is -2.22. The van der Waals surface area contributed by atoms with E-state index in [9.17, 15) is 10.1 Å². The van der Waals surface area contributed by atoms with E-state index in [2.05, 4.69) is 4.98 Å². The van der Waals surface area contributed by atoms with E-state index in [1.54, 1.807) is 6.92 Å². The van der Waals surface area contributed by atoms with Crippen molar-refractivity contribution in [3.63, 3.8) is 0 Å². The van der Waals surface area contributed by atoms with Gasteiger partial charge in [0.1, 0.15) is 5.82 Å². The minimum Gasteiger partial charge on any atom is -0.395 e. The Morgan fingerprint density at radius 1 is 1.65 bits per heavy atom. The molecule has 0 unspecified atom stereocenters. The van der Waals surface area contributed by atoms with Crippen molar-refractivity contribution in [2.24, 2.45) is 0 Å². The highest BCUT2D eigenvalue weighted by molar-refractivity contribution is 5.51. The lowest BCUT2D eigenvalue weighted by atomic mass is 10.2. The van der Waals surface area contributed by atoms with Gasteiger partial charge in [-0.05, 0) is 19.8 Å². The van der Waals surface area contributed by atoms with Gasteiger partial charge in [0.15, 0.2) is 0 Å². The summed E-state index contributed by atoms with van der Waals surface area (Å²) < 4.78 is 0. The Bertz CT molecular complexity index is 432. The van der Waals surface area contributed by atoms with E-state index in [-0.39, 0.29) is 12.3 Å². The second kappa shape index (κ2) is 4.67. The van der Waals surface area contributed by atoms with Crippen molar-refractivity contribution < 1.29 is 10.0 Å². The van der Waals surface area contributed by atoms with Crippen LogP contribution in [0.15, 0.2) is 12.3 Å². The fraction of sp³-hybridized carbons (Fsp3) is 0.545. The van der Waals surface area contributed by atoms with Crippen molar-refractivity contribution in [3.8, 4) is 0 Å². The highest BCUT2D eigenvalue weighted by atomic mass is 16.6. The molecule has 1 N–H and O–H groups in total. The first-order chi connectivity index (χ1) is 8.13. The van der Waals surface area contributed by atoms with Crippen molar-refractivity contribution in [1.82, 2.24) is 4.98 Å². The van der Waals surface area contributed by atoms with E-state index in [1.165, 1.54) is 12.3 Å². The molecule has 6 nitrogen and oxygen atoms in total. The summed E-state index contributed by atoms with van der Waals surface area (Å²) in [5.74, 6) is 0.582. The third-order valence-electron chi connectivity index (χ3n) is 2.88. The van der Waals surface area contributed by atoms with Gasteiger partial charge in [0.25, 0.3) is 5.69 Å². The van der Waals surface area contributed by atoms with Crippen LogP contribution >= 0.6 is 0 Å². The normalized spacial score (nSPS) is 14.7. The Morgan fingerprint density at radius 3 is 2.88 bits per heavy atom. The number of aliphatic hydroxyl groups excluding tert-OH is 1. The second-order valence-corrected chi connectivity index (χ2v) is 4.23. The van der Waals surface area contributed by atoms with E-state index in [4.69, 9.17) is 5.11 Å². The lowest BCUT2D eigenvalue weighted by molar-refractivity contribution is -0.385. The van der Waals surface area contributed by atoms with Crippen molar-refractivity contribution in [2.45, 2.75) is 25.8 Å². The molecular weight excluding hydrogens is 222 g/mol. The first-order valence-corrected chi connectivity index (χ1v) is 5.62. The molecule has 0 bridgehead atoms. The number of nitro groups is 1. The quantitative estimate of drug-likeness (QED) is 0.616. The van der Waals surface area contributed by atoms with Crippen molar-refractivity contribution in [2.75, 3.05) is 18.1 Å². The van der Waals surface area contributed by atoms with Gasteiger partial charge < -0.3 is 10.0 Å². The van der Waals surface area contributed by atoms with Crippen LogP contribution in [0.4, 0.5) is 11.5 Å². The number of rotatable bonds is 5. The predicted molar refractivity (Wildman–Crippen MR) is 63.1 cm³/mol. The maximum absolute atomic E-state index is 10.8. The van der Waals surface area contributed by atoms with E-state index in [1.807, 2.05) is 4.90 Å². The van der Waals surface area contributed by atoms with Gasteiger partial charge in [-0.2, -0.15) is 0 Å². The van der Waals surface area contributed by atoms with Gasteiger partial charge in [-0.25, -0.2) is 4.98 Å². The molecule has 2 rings (SSSR count). The SMILES string of the molecule is Cc1cnc(N(CCO)C2CC2)cc1[N+](=O)[O-]. The summed E-state index contributed by atoms with van der Waals surface area (Å²) >= 11 is 0. The van der Waals surface area contributed by atoms with Crippen LogP contribution in [0, 0.1) is 17.0 Å². The van der Waals surface area contributed by atoms with Gasteiger partial charge in [-0.3, -0.25) is 10.1 Å². The van der Waals surface area contributed by atoms with Crippen molar-refractivity contribution in [1.29, 1.82) is 0 Å². The molecule has 1 aliphatic rings. The Labute approximate surface area is 99.0 Å². The molecule has 0 aliphatic heterocycles. The van der Waals surface area contributed by atoms with Crippen molar-refractivity contribution >= 4 is 11.5 Å². The molecule has 0 saturated heterocycles. The molecular formula is C11H15N3O3. The predicted octanol–water partition coefficient (Wildman–Crippen LogP) is 1.26. The molecule has 0 aromatic carbocycles. The monoisotopic (exact) mass is 237 g/mol. The molecule has 17 heavy (non-hydrogen) atoms. The second-order valence-electron chi connectivity index (χ2n) is 4.23. The fourth-order valence-corrected chi connectivity index (χ4v) is 1.83. The molecule has 0 radical (unpaired) electrons. The van der Waals surface area contributed by atoms with Crippen LogP contribution in [0.2, 0.25) is 0 Å². The van der Waals surface area contributed by atoms with Gasteiger partial charge >= 0.3 is 0 Å². The Morgan fingerprint density at radius 2 is 2.35 bits per heavy atom. The third kappa shape index (κ3) is 2.52. The summed E-state index contributed by atoms with van der Waals surface area (Å²) in [4.78, 5) is 16.6. The zero-order valence-corrected chi connectivity index (χ0v) is 9.67. The van der Waals surface area contributed by atoms with E-state index in [0.29, 0.717) is 24.0 Å². The average Bonchev–Trinajstić information content (AvgIpc) is 3.10. The molecule has 1 fully saturated rings. The first-order valence-electron chi connectivity index (χ1n) is 5.62. The summed E-state index contributed by atoms with van der Waals surface area (Å²) in [7, 11) is 0. The number of hydrogen-bond acceptors (Lipinski definition) is 5. The number of anilines is 1. The minimum absolute atomic E-state index is 0.0276. The number of aliphatic hydroxyl groups is 1. The van der Waals surface area contributed by atoms with Crippen LogP contribution in [0.1, 0.15) is 18.4 Å². The van der Waals surface area contributed by atoms with E-state index >= 15 is 0 Å². The summed E-state index contributed by atoms with van der Waals surface area (Å²) in [6.45, 7) is 2.17. The molecule has 0 spiro atoms. The first kappa shape index (κ1) is 11.8. The van der Waals surface area contributed by atoms with Crippen LogP contribution in [-0.4, -0.2) is 34.2 Å². The topological polar surface area (TPSA) is 79.5 Å². The van der Waals surface area contributed by atoms with Crippen molar-refractivity contribution in [3.05, 3.63) is 27.9 Å². The lowest BCUT2D eigenvalue weighted by Crippen LogP contribution is -2.29. The molecule has 1 aromatic rings. The summed E-state index contributed by atoms with van der Waals surface area (Å²) in [6, 6.07) is 1.86. The highest BCUT2D eigenvalue weighted by Gasteiger charge is 2.30. The number of pyridine rings is 1. The van der Waals surface area contributed by atoms with Crippen LogP contribution in [-0.2, 0) is 0 Å². The summed E-state index contributed by atoms with van der Waals surface area (Å²) in [6.07, 6.45) is 3.63. The van der Waals surface area contributed by atoms with Gasteiger partial charge in [0, 0.05) is 24.3 Å². The molecule has 1 saturated carbocycles. The maximum atomic E-state index is 10.8. The largest absolute Gasteiger partial charge is 0.395 e. The Kier molecular flexibility index (Phi) is 3.23. The molecule has 6 heteroatoms. The number of aromatic nitrogens is 1. The number of nitrogens with zero attached hydrogens (tertiary/aromatic N) is 3. The van der Waals surface area contributed by atoms with Gasteiger partial charge in [0.05, 0.1) is 17.6 Å². The highest BCUT2D eigenvalue weighted by Crippen LogP contribution is 2.32. The molecule has 1 aromatic heterocycles. The number of aryl methyl sites for hydroxylation is 1. The van der Waals surface area contributed by atoms with Crippen LogP contribution < -0.4 is 4.90 Å². The zero-order chi connectivity index (χ0) is 12.4. The third-order valence-corrected chi connectivity index (χ3v) is 2.88. The molecule has 0 atom stereocenters.